The van der Waals surface area contributed by atoms with Crippen LogP contribution in [0.1, 0.15) is 32.3 Å². The average Bonchev–Trinajstić information content (AvgIpc) is 2.76. The Balaban J connectivity index is 2.10. The second-order valence-corrected chi connectivity index (χ2v) is 5.48. The third-order valence-corrected chi connectivity index (χ3v) is 3.77. The summed E-state index contributed by atoms with van der Waals surface area (Å²) in [6, 6.07) is 5.62. The van der Waals surface area contributed by atoms with Gasteiger partial charge in [0.1, 0.15) is 5.82 Å². The van der Waals surface area contributed by atoms with Gasteiger partial charge < -0.3 is 10.6 Å². The molecule has 100 valence electrons. The molecule has 18 heavy (non-hydrogen) atoms. The minimum atomic E-state index is -0.107. The Kier molecular flexibility index (Phi) is 4.23. The van der Waals surface area contributed by atoms with Crippen LogP contribution in [0.5, 0.6) is 0 Å². The maximum atomic E-state index is 14.1. The molecule has 2 N–H and O–H groups in total. The Morgan fingerprint density at radius 3 is 2.83 bits per heavy atom. The largest absolute Gasteiger partial charge is 0.369 e. The lowest BCUT2D eigenvalue weighted by Crippen LogP contribution is -2.21. The number of hydrogen-bond acceptors (Lipinski definition) is 2. The van der Waals surface area contributed by atoms with E-state index in [1.54, 1.807) is 6.07 Å². The van der Waals surface area contributed by atoms with Crippen LogP contribution in [0, 0.1) is 11.7 Å². The molecule has 0 saturated carbocycles. The number of halogens is 1. The molecule has 2 rings (SSSR count). The third-order valence-electron chi connectivity index (χ3n) is 3.77. The molecule has 1 saturated heterocycles. The van der Waals surface area contributed by atoms with Crippen molar-refractivity contribution >= 4 is 5.69 Å². The van der Waals surface area contributed by atoms with Gasteiger partial charge in [0.05, 0.1) is 5.69 Å². The predicted molar refractivity (Wildman–Crippen MR) is 74.4 cm³/mol. The van der Waals surface area contributed by atoms with Crippen LogP contribution in [0.2, 0.25) is 0 Å². The number of benzene rings is 1. The molecule has 2 unspecified atom stereocenters. The van der Waals surface area contributed by atoms with E-state index in [9.17, 15) is 4.39 Å². The number of anilines is 1. The van der Waals surface area contributed by atoms with Crippen molar-refractivity contribution in [2.45, 2.75) is 39.2 Å². The van der Waals surface area contributed by atoms with E-state index in [1.165, 1.54) is 12.8 Å². The predicted octanol–water partition coefficient (Wildman–Crippen LogP) is 2.95. The van der Waals surface area contributed by atoms with Gasteiger partial charge in [0.25, 0.3) is 0 Å². The fourth-order valence-corrected chi connectivity index (χ4v) is 2.69. The van der Waals surface area contributed by atoms with E-state index < -0.39 is 0 Å². The first-order valence-electron chi connectivity index (χ1n) is 6.89. The van der Waals surface area contributed by atoms with E-state index in [0.29, 0.717) is 5.92 Å². The highest BCUT2D eigenvalue weighted by atomic mass is 19.1. The van der Waals surface area contributed by atoms with Crippen molar-refractivity contribution < 1.29 is 4.39 Å². The van der Waals surface area contributed by atoms with Crippen molar-refractivity contribution in [3.63, 3.8) is 0 Å². The standard InChI is InChI=1S/C15H23FN2/c1-3-12-6-7-18(10-12)15-5-4-13(8-11(2)17)9-14(15)16/h4-5,9,11-12H,3,6-8,10,17H2,1-2H3. The Bertz CT molecular complexity index is 403. The van der Waals surface area contributed by atoms with Gasteiger partial charge in [-0.3, -0.25) is 0 Å². The van der Waals surface area contributed by atoms with Gasteiger partial charge in [-0.15, -0.1) is 0 Å². The van der Waals surface area contributed by atoms with Crippen LogP contribution in [0.15, 0.2) is 18.2 Å². The molecule has 3 heteroatoms. The molecule has 0 aliphatic carbocycles. The summed E-state index contributed by atoms with van der Waals surface area (Å²) in [7, 11) is 0. The van der Waals surface area contributed by atoms with E-state index in [-0.39, 0.29) is 11.9 Å². The van der Waals surface area contributed by atoms with Gasteiger partial charge in [0, 0.05) is 19.1 Å². The van der Waals surface area contributed by atoms with Crippen LogP contribution in [-0.4, -0.2) is 19.1 Å². The van der Waals surface area contributed by atoms with Crippen molar-refractivity contribution in [3.05, 3.63) is 29.6 Å². The van der Waals surface area contributed by atoms with Crippen LogP contribution in [0.25, 0.3) is 0 Å². The van der Waals surface area contributed by atoms with Crippen LogP contribution in [-0.2, 0) is 6.42 Å². The summed E-state index contributed by atoms with van der Waals surface area (Å²) < 4.78 is 14.1. The fourth-order valence-electron chi connectivity index (χ4n) is 2.69. The molecular formula is C15H23FN2. The summed E-state index contributed by atoms with van der Waals surface area (Å²) in [5, 5.41) is 0. The van der Waals surface area contributed by atoms with Crippen molar-refractivity contribution in [1.29, 1.82) is 0 Å². The monoisotopic (exact) mass is 250 g/mol. The van der Waals surface area contributed by atoms with Gasteiger partial charge >= 0.3 is 0 Å². The number of hydrogen-bond donors (Lipinski definition) is 1. The topological polar surface area (TPSA) is 29.3 Å². The lowest BCUT2D eigenvalue weighted by atomic mass is 10.1. The van der Waals surface area contributed by atoms with E-state index in [1.807, 2.05) is 19.1 Å². The molecule has 1 aromatic rings. The molecule has 1 aliphatic heterocycles. The van der Waals surface area contributed by atoms with E-state index in [0.717, 1.165) is 30.8 Å². The van der Waals surface area contributed by atoms with E-state index >= 15 is 0 Å². The second kappa shape index (κ2) is 5.70. The maximum Gasteiger partial charge on any atom is 0.146 e. The van der Waals surface area contributed by atoms with Gasteiger partial charge in [0.2, 0.25) is 0 Å². The first-order chi connectivity index (χ1) is 8.60. The van der Waals surface area contributed by atoms with Crippen LogP contribution in [0.4, 0.5) is 10.1 Å². The summed E-state index contributed by atoms with van der Waals surface area (Å²) in [6.45, 7) is 6.11. The zero-order valence-corrected chi connectivity index (χ0v) is 11.3. The summed E-state index contributed by atoms with van der Waals surface area (Å²) in [5.74, 6) is 0.609. The average molecular weight is 250 g/mol. The Morgan fingerprint density at radius 2 is 2.28 bits per heavy atom. The zero-order valence-electron chi connectivity index (χ0n) is 11.3. The maximum absolute atomic E-state index is 14.1. The van der Waals surface area contributed by atoms with Gasteiger partial charge in [0.15, 0.2) is 0 Å². The first kappa shape index (κ1) is 13.3. The lowest BCUT2D eigenvalue weighted by Gasteiger charge is -2.20. The summed E-state index contributed by atoms with van der Waals surface area (Å²) in [6.07, 6.45) is 3.09. The second-order valence-electron chi connectivity index (χ2n) is 5.48. The molecule has 0 amide bonds. The van der Waals surface area contributed by atoms with Crippen molar-refractivity contribution in [1.82, 2.24) is 0 Å². The molecule has 1 fully saturated rings. The van der Waals surface area contributed by atoms with E-state index in [4.69, 9.17) is 5.73 Å². The van der Waals surface area contributed by atoms with Crippen molar-refractivity contribution in [2.75, 3.05) is 18.0 Å². The minimum absolute atomic E-state index is 0.0755. The highest BCUT2D eigenvalue weighted by Gasteiger charge is 2.23. The van der Waals surface area contributed by atoms with Gasteiger partial charge in [-0.2, -0.15) is 0 Å². The third kappa shape index (κ3) is 3.02. The Labute approximate surface area is 109 Å². The smallest absolute Gasteiger partial charge is 0.146 e. The highest BCUT2D eigenvalue weighted by Crippen LogP contribution is 2.28. The number of rotatable bonds is 4. The molecule has 1 aliphatic rings. The fraction of sp³-hybridized carbons (Fsp3) is 0.600. The van der Waals surface area contributed by atoms with Crippen molar-refractivity contribution in [2.24, 2.45) is 11.7 Å². The summed E-state index contributed by atoms with van der Waals surface area (Å²) >= 11 is 0. The molecule has 2 nitrogen and oxygen atoms in total. The molecular weight excluding hydrogens is 227 g/mol. The molecule has 0 bridgehead atoms. The van der Waals surface area contributed by atoms with Gasteiger partial charge in [-0.25, -0.2) is 4.39 Å². The SMILES string of the molecule is CCC1CCN(c2ccc(CC(C)N)cc2F)C1. The van der Waals surface area contributed by atoms with Crippen LogP contribution < -0.4 is 10.6 Å². The molecule has 2 atom stereocenters. The molecule has 0 aromatic heterocycles. The molecule has 1 aromatic carbocycles. The first-order valence-corrected chi connectivity index (χ1v) is 6.89. The Morgan fingerprint density at radius 1 is 1.50 bits per heavy atom. The van der Waals surface area contributed by atoms with Crippen LogP contribution >= 0.6 is 0 Å². The zero-order chi connectivity index (χ0) is 13.1. The molecule has 0 radical (unpaired) electrons. The van der Waals surface area contributed by atoms with Gasteiger partial charge in [-0.1, -0.05) is 19.4 Å². The number of nitrogens with zero attached hydrogens (tertiary/aromatic N) is 1. The number of nitrogens with two attached hydrogens (primary N) is 1. The lowest BCUT2D eigenvalue weighted by molar-refractivity contribution is 0.567. The van der Waals surface area contributed by atoms with Crippen molar-refractivity contribution in [3.8, 4) is 0 Å². The molecule has 1 heterocycles. The highest BCUT2D eigenvalue weighted by molar-refractivity contribution is 5.50. The van der Waals surface area contributed by atoms with Gasteiger partial charge in [-0.05, 0) is 43.4 Å². The quantitative estimate of drug-likeness (QED) is 0.890. The van der Waals surface area contributed by atoms with E-state index in [2.05, 4.69) is 11.8 Å². The normalized spacial score (nSPS) is 21.3. The summed E-state index contributed by atoms with van der Waals surface area (Å²) in [5.41, 5.74) is 7.47. The Hall–Kier alpha value is -1.09. The molecule has 0 spiro atoms. The minimum Gasteiger partial charge on any atom is -0.369 e. The summed E-state index contributed by atoms with van der Waals surface area (Å²) in [4.78, 5) is 2.17. The van der Waals surface area contributed by atoms with Crippen LogP contribution in [0.3, 0.4) is 0 Å².